The van der Waals surface area contributed by atoms with E-state index in [1.807, 2.05) is 59.1 Å². The van der Waals surface area contributed by atoms with Crippen LogP contribution in [-0.2, 0) is 0 Å². The molecule has 26 heavy (non-hydrogen) atoms. The topological polar surface area (TPSA) is 41.8 Å². The minimum Gasteiger partial charge on any atom is -0.345 e. The van der Waals surface area contributed by atoms with Crippen molar-refractivity contribution in [1.82, 2.24) is 9.30 Å². The number of rotatable bonds is 3. The highest BCUT2D eigenvalue weighted by molar-refractivity contribution is 6.15. The summed E-state index contributed by atoms with van der Waals surface area (Å²) in [5.41, 5.74) is 2.39. The number of carbonyl (C=O) groups is 2. The molecule has 128 valence electrons. The van der Waals surface area contributed by atoms with Crippen molar-refractivity contribution < 1.29 is 9.59 Å². The fraction of sp³-hybridized carbons (Fsp3) is 0.0909. The van der Waals surface area contributed by atoms with Crippen molar-refractivity contribution in [1.29, 1.82) is 0 Å². The molecule has 4 rings (SSSR count). The van der Waals surface area contributed by atoms with Gasteiger partial charge in [0.15, 0.2) is 0 Å². The van der Waals surface area contributed by atoms with E-state index < -0.39 is 0 Å². The Labute approximate surface area is 151 Å². The first-order valence-electron chi connectivity index (χ1n) is 8.42. The summed E-state index contributed by atoms with van der Waals surface area (Å²) < 4.78 is 1.83. The normalized spacial score (nSPS) is 11.0. The van der Waals surface area contributed by atoms with E-state index in [-0.39, 0.29) is 11.7 Å². The lowest BCUT2D eigenvalue weighted by Crippen LogP contribution is -2.21. The second-order valence-corrected chi connectivity index (χ2v) is 6.46. The number of amides is 1. The van der Waals surface area contributed by atoms with Crippen LogP contribution in [0, 0.1) is 0 Å². The molecule has 0 saturated heterocycles. The van der Waals surface area contributed by atoms with Crippen LogP contribution in [0.15, 0.2) is 72.9 Å². The molecule has 0 unspecified atom stereocenters. The van der Waals surface area contributed by atoms with Gasteiger partial charge in [0.05, 0.1) is 16.8 Å². The Morgan fingerprint density at radius 1 is 0.885 bits per heavy atom. The molecule has 0 spiro atoms. The van der Waals surface area contributed by atoms with Crippen LogP contribution in [0.4, 0.5) is 0 Å². The molecule has 1 amide bonds. The third-order valence-corrected chi connectivity index (χ3v) is 4.56. The summed E-state index contributed by atoms with van der Waals surface area (Å²) in [6, 6.07) is 20.7. The van der Waals surface area contributed by atoms with Crippen molar-refractivity contribution in [3.8, 4) is 0 Å². The third-order valence-electron chi connectivity index (χ3n) is 4.56. The van der Waals surface area contributed by atoms with E-state index in [9.17, 15) is 9.59 Å². The van der Waals surface area contributed by atoms with Crippen LogP contribution in [0.25, 0.3) is 16.3 Å². The molecule has 4 heteroatoms. The molecule has 2 aromatic heterocycles. The smallest absolute Gasteiger partial charge is 0.255 e. The van der Waals surface area contributed by atoms with Gasteiger partial charge in [-0.15, -0.1) is 0 Å². The zero-order valence-corrected chi connectivity index (χ0v) is 14.6. The van der Waals surface area contributed by atoms with E-state index in [2.05, 4.69) is 0 Å². The minimum absolute atomic E-state index is 0.103. The SMILES string of the molecule is CN(C)C(=O)c1cc(C(=O)c2ccccc2)n2ccc3ccccc3c12. The lowest BCUT2D eigenvalue weighted by Gasteiger charge is -2.10. The standard InChI is InChI=1S/C22H18N2O2/c1-23(2)22(26)18-14-19(21(25)16-9-4-3-5-10-16)24-13-12-15-8-6-7-11-17(15)20(18)24/h3-14H,1-2H3. The Hall–Kier alpha value is -3.40. The number of nitrogens with zero attached hydrogens (tertiary/aromatic N) is 2. The lowest BCUT2D eigenvalue weighted by atomic mass is 10.1. The van der Waals surface area contributed by atoms with E-state index in [0.29, 0.717) is 16.8 Å². The molecule has 4 nitrogen and oxygen atoms in total. The molecule has 0 bridgehead atoms. The Bertz CT molecular complexity index is 1140. The molecule has 0 saturated carbocycles. The van der Waals surface area contributed by atoms with E-state index >= 15 is 0 Å². The third kappa shape index (κ3) is 2.47. The van der Waals surface area contributed by atoms with Gasteiger partial charge >= 0.3 is 0 Å². The van der Waals surface area contributed by atoms with Crippen LogP contribution in [0.1, 0.15) is 26.4 Å². The predicted molar refractivity (Wildman–Crippen MR) is 103 cm³/mol. The molecule has 4 aromatic rings. The second-order valence-electron chi connectivity index (χ2n) is 6.46. The minimum atomic E-state index is -0.119. The molecule has 2 heterocycles. The van der Waals surface area contributed by atoms with Crippen molar-refractivity contribution >= 4 is 28.0 Å². The van der Waals surface area contributed by atoms with Crippen LogP contribution in [0.3, 0.4) is 0 Å². The zero-order chi connectivity index (χ0) is 18.3. The maximum Gasteiger partial charge on any atom is 0.255 e. The van der Waals surface area contributed by atoms with Crippen LogP contribution < -0.4 is 0 Å². The maximum absolute atomic E-state index is 13.1. The summed E-state index contributed by atoms with van der Waals surface area (Å²) in [5, 5.41) is 1.98. The van der Waals surface area contributed by atoms with Gasteiger partial charge in [-0.05, 0) is 17.5 Å². The summed E-state index contributed by atoms with van der Waals surface area (Å²) in [5.74, 6) is -0.223. The Kier molecular flexibility index (Phi) is 3.81. The number of ketones is 1. The largest absolute Gasteiger partial charge is 0.345 e. The predicted octanol–water partition coefficient (Wildman–Crippen LogP) is 4.03. The van der Waals surface area contributed by atoms with Crippen LogP contribution in [0.5, 0.6) is 0 Å². The second kappa shape index (κ2) is 6.15. The first-order valence-corrected chi connectivity index (χ1v) is 8.42. The number of pyridine rings is 1. The van der Waals surface area contributed by atoms with Gasteiger partial charge in [-0.1, -0.05) is 54.6 Å². The van der Waals surface area contributed by atoms with Crippen molar-refractivity contribution in [3.05, 3.63) is 89.7 Å². The molecule has 0 aliphatic rings. The average molecular weight is 342 g/mol. The summed E-state index contributed by atoms with van der Waals surface area (Å²) in [7, 11) is 3.44. The summed E-state index contributed by atoms with van der Waals surface area (Å²) >= 11 is 0. The van der Waals surface area contributed by atoms with Crippen LogP contribution in [-0.4, -0.2) is 35.1 Å². The first-order chi connectivity index (χ1) is 12.6. The van der Waals surface area contributed by atoms with Gasteiger partial charge in [-0.25, -0.2) is 0 Å². The molecule has 2 aromatic carbocycles. The number of fused-ring (bicyclic) bond motifs is 3. The highest BCUT2D eigenvalue weighted by Crippen LogP contribution is 2.28. The summed E-state index contributed by atoms with van der Waals surface area (Å²) in [6.07, 6.45) is 1.86. The van der Waals surface area contributed by atoms with Gasteiger partial charge in [-0.2, -0.15) is 0 Å². The average Bonchev–Trinajstić information content (AvgIpc) is 3.07. The van der Waals surface area contributed by atoms with E-state index in [1.54, 1.807) is 32.3 Å². The van der Waals surface area contributed by atoms with Gasteiger partial charge in [-0.3, -0.25) is 9.59 Å². The van der Waals surface area contributed by atoms with Crippen molar-refractivity contribution in [2.24, 2.45) is 0 Å². The van der Waals surface area contributed by atoms with Gasteiger partial charge in [0.2, 0.25) is 5.78 Å². The van der Waals surface area contributed by atoms with E-state index in [1.165, 1.54) is 4.90 Å². The van der Waals surface area contributed by atoms with E-state index in [4.69, 9.17) is 0 Å². The Morgan fingerprint density at radius 3 is 2.31 bits per heavy atom. The number of benzene rings is 2. The molecular formula is C22H18N2O2. The first kappa shape index (κ1) is 16.1. The highest BCUT2D eigenvalue weighted by Gasteiger charge is 2.22. The monoisotopic (exact) mass is 342 g/mol. The number of hydrogen-bond donors (Lipinski definition) is 0. The van der Waals surface area contributed by atoms with Crippen LogP contribution >= 0.6 is 0 Å². The van der Waals surface area contributed by atoms with Gasteiger partial charge < -0.3 is 9.30 Å². The molecule has 0 aliphatic heterocycles. The number of carbonyl (C=O) groups excluding carboxylic acids is 2. The zero-order valence-electron chi connectivity index (χ0n) is 14.6. The lowest BCUT2D eigenvalue weighted by molar-refractivity contribution is 0.0829. The van der Waals surface area contributed by atoms with Crippen LogP contribution in [0.2, 0.25) is 0 Å². The quantitative estimate of drug-likeness (QED) is 0.528. The molecular weight excluding hydrogens is 324 g/mol. The van der Waals surface area contributed by atoms with Gasteiger partial charge in [0.1, 0.15) is 0 Å². The fourth-order valence-electron chi connectivity index (χ4n) is 3.28. The highest BCUT2D eigenvalue weighted by atomic mass is 16.2. The van der Waals surface area contributed by atoms with Crippen molar-refractivity contribution in [3.63, 3.8) is 0 Å². The number of aromatic nitrogens is 1. The number of hydrogen-bond acceptors (Lipinski definition) is 2. The fourth-order valence-corrected chi connectivity index (χ4v) is 3.28. The molecule has 0 radical (unpaired) electrons. The molecule has 0 aliphatic carbocycles. The van der Waals surface area contributed by atoms with Crippen molar-refractivity contribution in [2.45, 2.75) is 0 Å². The Morgan fingerprint density at radius 2 is 1.58 bits per heavy atom. The Balaban J connectivity index is 2.05. The van der Waals surface area contributed by atoms with Gasteiger partial charge in [0, 0.05) is 31.2 Å². The summed E-state index contributed by atoms with van der Waals surface area (Å²) in [6.45, 7) is 0. The maximum atomic E-state index is 13.1. The van der Waals surface area contributed by atoms with Crippen molar-refractivity contribution in [2.75, 3.05) is 14.1 Å². The molecule has 0 fully saturated rings. The van der Waals surface area contributed by atoms with E-state index in [0.717, 1.165) is 16.3 Å². The molecule has 0 atom stereocenters. The van der Waals surface area contributed by atoms with Gasteiger partial charge in [0.25, 0.3) is 5.91 Å². The molecule has 0 N–H and O–H groups in total. The summed E-state index contributed by atoms with van der Waals surface area (Å²) in [4.78, 5) is 27.4.